The average molecular weight is 308 g/mol. The lowest BCUT2D eigenvalue weighted by Gasteiger charge is -2.18. The van der Waals surface area contributed by atoms with Gasteiger partial charge in [-0.15, -0.1) is 0 Å². The van der Waals surface area contributed by atoms with Gasteiger partial charge >= 0.3 is 0 Å². The first-order valence-corrected chi connectivity index (χ1v) is 7.75. The normalized spacial score (nSPS) is 33.8. The predicted octanol–water partition coefficient (Wildman–Crippen LogP) is 3.43. The van der Waals surface area contributed by atoms with Crippen LogP contribution in [0.2, 0.25) is 0 Å². The molecule has 18 heavy (non-hydrogen) atoms. The summed E-state index contributed by atoms with van der Waals surface area (Å²) in [5, 5.41) is 0. The van der Waals surface area contributed by atoms with Gasteiger partial charge in [-0.1, -0.05) is 22.4 Å². The van der Waals surface area contributed by atoms with Crippen LogP contribution in [-0.2, 0) is 6.42 Å². The van der Waals surface area contributed by atoms with Crippen molar-refractivity contribution in [2.45, 2.75) is 31.7 Å². The van der Waals surface area contributed by atoms with Gasteiger partial charge in [-0.05, 0) is 48.3 Å². The number of benzene rings is 1. The van der Waals surface area contributed by atoms with Crippen molar-refractivity contribution in [3.8, 4) is 5.75 Å². The Morgan fingerprint density at radius 3 is 2.83 bits per heavy atom. The molecule has 0 radical (unpaired) electrons. The standard InChI is InChI=1S/C15H18BrNO/c16-9-6-8-4-5-18-15(8)12(7-9)14(17)13-10-2-1-3-11(10)13/h6-7,10-11,13-14H,1-5,17H2. The SMILES string of the molecule is NC(c1cc(Br)cc2c1OCC2)C1C2CCCC21. The fourth-order valence-electron chi connectivity index (χ4n) is 4.16. The van der Waals surface area contributed by atoms with Crippen molar-refractivity contribution in [3.63, 3.8) is 0 Å². The van der Waals surface area contributed by atoms with Crippen LogP contribution in [0, 0.1) is 17.8 Å². The lowest BCUT2D eigenvalue weighted by Crippen LogP contribution is -2.16. The second-order valence-electron chi connectivity index (χ2n) is 5.94. The van der Waals surface area contributed by atoms with Gasteiger partial charge in [0.1, 0.15) is 5.75 Å². The van der Waals surface area contributed by atoms with Crippen molar-refractivity contribution >= 4 is 15.9 Å². The minimum absolute atomic E-state index is 0.171. The molecule has 1 aromatic carbocycles. The maximum absolute atomic E-state index is 6.53. The van der Waals surface area contributed by atoms with E-state index in [1.165, 1.54) is 30.4 Å². The van der Waals surface area contributed by atoms with E-state index in [0.717, 1.165) is 35.1 Å². The second kappa shape index (κ2) is 3.97. The highest BCUT2D eigenvalue weighted by Crippen LogP contribution is 2.62. The molecular formula is C15H18BrNO. The molecule has 3 atom stereocenters. The Hall–Kier alpha value is -0.540. The molecule has 2 fully saturated rings. The molecule has 3 heteroatoms. The summed E-state index contributed by atoms with van der Waals surface area (Å²) in [7, 11) is 0. The highest BCUT2D eigenvalue weighted by molar-refractivity contribution is 9.10. The summed E-state index contributed by atoms with van der Waals surface area (Å²) in [5.74, 6) is 3.59. The number of ether oxygens (including phenoxy) is 1. The highest BCUT2D eigenvalue weighted by atomic mass is 79.9. The first-order valence-electron chi connectivity index (χ1n) is 6.96. The molecular weight excluding hydrogens is 290 g/mol. The molecule has 4 rings (SSSR count). The van der Waals surface area contributed by atoms with E-state index in [1.807, 2.05) is 0 Å². The van der Waals surface area contributed by atoms with E-state index in [0.29, 0.717) is 5.92 Å². The van der Waals surface area contributed by atoms with E-state index >= 15 is 0 Å². The fourth-order valence-corrected chi connectivity index (χ4v) is 4.69. The lowest BCUT2D eigenvalue weighted by atomic mass is 9.95. The zero-order valence-electron chi connectivity index (χ0n) is 10.4. The minimum Gasteiger partial charge on any atom is -0.493 e. The van der Waals surface area contributed by atoms with E-state index in [2.05, 4.69) is 28.1 Å². The highest BCUT2D eigenvalue weighted by Gasteiger charge is 2.55. The van der Waals surface area contributed by atoms with Crippen LogP contribution in [0.25, 0.3) is 0 Å². The van der Waals surface area contributed by atoms with Crippen LogP contribution in [0.5, 0.6) is 5.75 Å². The molecule has 0 saturated heterocycles. The molecule has 0 amide bonds. The van der Waals surface area contributed by atoms with E-state index in [1.54, 1.807) is 0 Å². The largest absolute Gasteiger partial charge is 0.493 e. The molecule has 2 aliphatic carbocycles. The van der Waals surface area contributed by atoms with Crippen molar-refractivity contribution in [1.82, 2.24) is 0 Å². The summed E-state index contributed by atoms with van der Waals surface area (Å²) in [4.78, 5) is 0. The Morgan fingerprint density at radius 1 is 1.28 bits per heavy atom. The average Bonchev–Trinajstić information content (AvgIpc) is 2.76. The molecule has 2 N–H and O–H groups in total. The van der Waals surface area contributed by atoms with Crippen LogP contribution in [0.3, 0.4) is 0 Å². The number of hydrogen-bond acceptors (Lipinski definition) is 2. The van der Waals surface area contributed by atoms with Gasteiger partial charge in [-0.2, -0.15) is 0 Å². The maximum atomic E-state index is 6.53. The van der Waals surface area contributed by atoms with Crippen LogP contribution in [0.1, 0.15) is 36.4 Å². The van der Waals surface area contributed by atoms with Gasteiger partial charge in [0.05, 0.1) is 6.61 Å². The van der Waals surface area contributed by atoms with Gasteiger partial charge in [-0.25, -0.2) is 0 Å². The number of rotatable bonds is 2. The number of fused-ring (bicyclic) bond motifs is 2. The summed E-state index contributed by atoms with van der Waals surface area (Å²) in [6.07, 6.45) is 5.21. The molecule has 3 aliphatic rings. The van der Waals surface area contributed by atoms with Gasteiger partial charge in [0.2, 0.25) is 0 Å². The Morgan fingerprint density at radius 2 is 2.06 bits per heavy atom. The lowest BCUT2D eigenvalue weighted by molar-refractivity contribution is 0.347. The van der Waals surface area contributed by atoms with E-state index < -0.39 is 0 Å². The number of nitrogens with two attached hydrogens (primary N) is 1. The molecule has 0 spiro atoms. The predicted molar refractivity (Wildman–Crippen MR) is 74.6 cm³/mol. The van der Waals surface area contributed by atoms with Crippen LogP contribution in [0.15, 0.2) is 16.6 Å². The van der Waals surface area contributed by atoms with Crippen molar-refractivity contribution in [2.24, 2.45) is 23.5 Å². The molecule has 1 aliphatic heterocycles. The molecule has 1 heterocycles. The van der Waals surface area contributed by atoms with Crippen LogP contribution >= 0.6 is 15.9 Å². The van der Waals surface area contributed by atoms with Crippen LogP contribution < -0.4 is 10.5 Å². The quantitative estimate of drug-likeness (QED) is 0.908. The summed E-state index contributed by atoms with van der Waals surface area (Å²) < 4.78 is 6.95. The fraction of sp³-hybridized carbons (Fsp3) is 0.600. The number of hydrogen-bond donors (Lipinski definition) is 1. The van der Waals surface area contributed by atoms with Crippen molar-refractivity contribution in [1.29, 1.82) is 0 Å². The molecule has 3 unspecified atom stereocenters. The van der Waals surface area contributed by atoms with Gasteiger partial charge in [0.15, 0.2) is 0 Å². The third-order valence-electron chi connectivity index (χ3n) is 5.02. The first-order chi connectivity index (χ1) is 8.75. The van der Waals surface area contributed by atoms with Gasteiger partial charge in [0.25, 0.3) is 0 Å². The third-order valence-corrected chi connectivity index (χ3v) is 5.48. The first kappa shape index (κ1) is 11.3. The van der Waals surface area contributed by atoms with E-state index in [4.69, 9.17) is 10.5 Å². The Bertz CT molecular complexity index is 492. The van der Waals surface area contributed by atoms with Crippen molar-refractivity contribution in [2.75, 3.05) is 6.61 Å². The molecule has 1 aromatic rings. The summed E-state index contributed by atoms with van der Waals surface area (Å²) >= 11 is 3.60. The summed E-state index contributed by atoms with van der Waals surface area (Å²) in [5.41, 5.74) is 9.08. The van der Waals surface area contributed by atoms with Gasteiger partial charge < -0.3 is 10.5 Å². The molecule has 2 saturated carbocycles. The summed E-state index contributed by atoms with van der Waals surface area (Å²) in [6.45, 7) is 0.809. The summed E-state index contributed by atoms with van der Waals surface area (Å²) in [6, 6.07) is 4.51. The second-order valence-corrected chi connectivity index (χ2v) is 6.86. The Balaban J connectivity index is 1.68. The van der Waals surface area contributed by atoms with Crippen LogP contribution in [0.4, 0.5) is 0 Å². The Labute approximate surface area is 116 Å². The molecule has 0 aromatic heterocycles. The monoisotopic (exact) mass is 307 g/mol. The molecule has 2 nitrogen and oxygen atoms in total. The molecule has 96 valence electrons. The zero-order chi connectivity index (χ0) is 12.3. The van der Waals surface area contributed by atoms with Gasteiger partial charge in [-0.3, -0.25) is 0 Å². The maximum Gasteiger partial charge on any atom is 0.127 e. The van der Waals surface area contributed by atoms with E-state index in [-0.39, 0.29) is 6.04 Å². The molecule has 0 bridgehead atoms. The minimum atomic E-state index is 0.171. The topological polar surface area (TPSA) is 35.2 Å². The van der Waals surface area contributed by atoms with Crippen LogP contribution in [-0.4, -0.2) is 6.61 Å². The third kappa shape index (κ3) is 1.56. The van der Waals surface area contributed by atoms with E-state index in [9.17, 15) is 0 Å². The number of halogens is 1. The zero-order valence-corrected chi connectivity index (χ0v) is 11.9. The van der Waals surface area contributed by atoms with Crippen molar-refractivity contribution in [3.05, 3.63) is 27.7 Å². The van der Waals surface area contributed by atoms with Gasteiger partial charge in [0, 0.05) is 22.5 Å². The van der Waals surface area contributed by atoms with Crippen molar-refractivity contribution < 1.29 is 4.74 Å². The smallest absolute Gasteiger partial charge is 0.127 e. The Kier molecular flexibility index (Phi) is 2.50.